The molecule has 2 aliphatic heterocycles. The van der Waals surface area contributed by atoms with Crippen LogP contribution in [0.5, 0.6) is 0 Å². The van der Waals surface area contributed by atoms with Crippen LogP contribution in [0, 0.1) is 0 Å². The van der Waals surface area contributed by atoms with Gasteiger partial charge in [0.25, 0.3) is 0 Å². The zero-order valence-electron chi connectivity index (χ0n) is 16.1. The molecule has 2 aliphatic rings. The molecule has 0 atom stereocenters. The van der Waals surface area contributed by atoms with E-state index >= 15 is 0 Å². The third-order valence-corrected chi connectivity index (χ3v) is 7.39. The number of carbonyl (C=O) groups is 1. The molecule has 30 heavy (non-hydrogen) atoms. The van der Waals surface area contributed by atoms with Gasteiger partial charge in [0.15, 0.2) is 0 Å². The van der Waals surface area contributed by atoms with E-state index in [9.17, 15) is 13.2 Å². The lowest BCUT2D eigenvalue weighted by Gasteiger charge is -2.23. The van der Waals surface area contributed by atoms with Crippen molar-refractivity contribution < 1.29 is 17.6 Å². The lowest BCUT2D eigenvalue weighted by molar-refractivity contribution is 0.207. The summed E-state index contributed by atoms with van der Waals surface area (Å²) in [6.45, 7) is 1.81. The van der Waals surface area contributed by atoms with Gasteiger partial charge in [0.1, 0.15) is 5.76 Å². The van der Waals surface area contributed by atoms with Crippen molar-refractivity contribution in [2.24, 2.45) is 0 Å². The van der Waals surface area contributed by atoms with Gasteiger partial charge in [-0.05, 0) is 35.4 Å². The first-order chi connectivity index (χ1) is 14.5. The van der Waals surface area contributed by atoms with Gasteiger partial charge >= 0.3 is 6.03 Å². The largest absolute Gasteiger partial charge is 0.467 e. The molecule has 5 rings (SSSR count). The molecule has 9 heteroatoms. The van der Waals surface area contributed by atoms with Gasteiger partial charge in [0.2, 0.25) is 10.0 Å². The number of urea groups is 1. The fourth-order valence-electron chi connectivity index (χ4n) is 4.00. The van der Waals surface area contributed by atoms with Gasteiger partial charge in [-0.1, -0.05) is 12.1 Å². The maximum absolute atomic E-state index is 13.3. The fraction of sp³-hybridized carbons (Fsp3) is 0.238. The molecule has 2 amide bonds. The van der Waals surface area contributed by atoms with Crippen LogP contribution in [-0.2, 0) is 16.6 Å². The van der Waals surface area contributed by atoms with Crippen LogP contribution >= 0.6 is 0 Å². The first-order valence-electron chi connectivity index (χ1n) is 9.60. The van der Waals surface area contributed by atoms with Gasteiger partial charge in [0.05, 0.1) is 17.7 Å². The van der Waals surface area contributed by atoms with Crippen molar-refractivity contribution in [1.29, 1.82) is 0 Å². The van der Waals surface area contributed by atoms with Gasteiger partial charge in [0, 0.05) is 49.3 Å². The summed E-state index contributed by atoms with van der Waals surface area (Å²) in [5.74, 6) is 0.686. The van der Waals surface area contributed by atoms with E-state index in [1.807, 2.05) is 6.07 Å². The van der Waals surface area contributed by atoms with E-state index in [0.29, 0.717) is 43.9 Å². The van der Waals surface area contributed by atoms with Crippen molar-refractivity contribution in [3.8, 4) is 0 Å². The Morgan fingerprint density at radius 2 is 1.87 bits per heavy atom. The number of benzene rings is 1. The highest BCUT2D eigenvalue weighted by Gasteiger charge is 2.38. The normalized spacial score (nSPS) is 17.0. The van der Waals surface area contributed by atoms with Crippen molar-refractivity contribution in [2.45, 2.75) is 11.4 Å². The zero-order valence-corrected chi connectivity index (χ0v) is 16.9. The number of pyridine rings is 1. The first kappa shape index (κ1) is 18.8. The second-order valence-corrected chi connectivity index (χ2v) is 9.33. The standard InChI is InChI=1S/C21H20N4O4S/c26-21(23-10-18-4-2-8-29-18)24-11-16-13-25(14-17(16)12-24)30(27,28)20-5-1-3-15-9-22-7-6-19(15)20/h1-9H,10-14H2,(H,23,26). The Morgan fingerprint density at radius 1 is 1.07 bits per heavy atom. The summed E-state index contributed by atoms with van der Waals surface area (Å²) in [5.41, 5.74) is 1.99. The Hall–Kier alpha value is -3.17. The molecule has 0 radical (unpaired) electrons. The predicted octanol–water partition coefficient (Wildman–Crippen LogP) is 2.35. The van der Waals surface area contributed by atoms with E-state index in [-0.39, 0.29) is 10.9 Å². The molecule has 1 N–H and O–H groups in total. The molecule has 154 valence electrons. The Labute approximate surface area is 173 Å². The smallest absolute Gasteiger partial charge is 0.318 e. The first-order valence-corrected chi connectivity index (χ1v) is 11.0. The van der Waals surface area contributed by atoms with Gasteiger partial charge in [-0.15, -0.1) is 0 Å². The average molecular weight is 424 g/mol. The summed E-state index contributed by atoms with van der Waals surface area (Å²) in [6, 6.07) is 10.3. The molecule has 0 aliphatic carbocycles. The Balaban J connectivity index is 1.27. The van der Waals surface area contributed by atoms with Crippen LogP contribution in [-0.4, -0.2) is 54.8 Å². The highest BCUT2D eigenvalue weighted by Crippen LogP contribution is 2.32. The minimum atomic E-state index is -3.65. The number of hydrogen-bond donors (Lipinski definition) is 1. The number of carbonyl (C=O) groups excluding carboxylic acids is 1. The predicted molar refractivity (Wildman–Crippen MR) is 110 cm³/mol. The zero-order chi connectivity index (χ0) is 20.7. The molecule has 0 saturated carbocycles. The Morgan fingerprint density at radius 3 is 2.60 bits per heavy atom. The van der Waals surface area contributed by atoms with E-state index in [1.54, 1.807) is 53.9 Å². The summed E-state index contributed by atoms with van der Waals surface area (Å²) in [5, 5.41) is 4.29. The lowest BCUT2D eigenvalue weighted by atomic mass is 10.2. The van der Waals surface area contributed by atoms with Gasteiger partial charge in [-0.25, -0.2) is 13.2 Å². The van der Waals surface area contributed by atoms with E-state index in [2.05, 4.69) is 10.3 Å². The highest BCUT2D eigenvalue weighted by atomic mass is 32.2. The van der Waals surface area contributed by atoms with Crippen molar-refractivity contribution in [3.63, 3.8) is 0 Å². The van der Waals surface area contributed by atoms with E-state index in [0.717, 1.165) is 16.5 Å². The number of nitrogens with zero attached hydrogens (tertiary/aromatic N) is 3. The van der Waals surface area contributed by atoms with Crippen LogP contribution in [0.1, 0.15) is 5.76 Å². The van der Waals surface area contributed by atoms with Crippen LogP contribution in [0.3, 0.4) is 0 Å². The van der Waals surface area contributed by atoms with E-state index in [4.69, 9.17) is 4.42 Å². The van der Waals surface area contributed by atoms with Crippen molar-refractivity contribution in [3.05, 3.63) is 72.0 Å². The highest BCUT2D eigenvalue weighted by molar-refractivity contribution is 7.89. The summed E-state index contributed by atoms with van der Waals surface area (Å²) >= 11 is 0. The molecule has 1 aromatic carbocycles. The molecule has 0 unspecified atom stereocenters. The van der Waals surface area contributed by atoms with E-state index in [1.165, 1.54) is 4.31 Å². The maximum atomic E-state index is 13.3. The molecular weight excluding hydrogens is 404 g/mol. The second kappa shape index (κ2) is 7.26. The molecule has 4 heterocycles. The summed E-state index contributed by atoms with van der Waals surface area (Å²) in [7, 11) is -3.65. The number of furan rings is 1. The summed E-state index contributed by atoms with van der Waals surface area (Å²) < 4.78 is 33.3. The van der Waals surface area contributed by atoms with Crippen LogP contribution < -0.4 is 5.32 Å². The number of nitrogens with one attached hydrogen (secondary N) is 1. The van der Waals surface area contributed by atoms with Crippen LogP contribution in [0.2, 0.25) is 0 Å². The summed E-state index contributed by atoms with van der Waals surface area (Å²) in [4.78, 5) is 18.5. The maximum Gasteiger partial charge on any atom is 0.318 e. The fourth-order valence-corrected chi connectivity index (χ4v) is 5.65. The van der Waals surface area contributed by atoms with Crippen molar-refractivity contribution in [2.75, 3.05) is 26.2 Å². The summed E-state index contributed by atoms with van der Waals surface area (Å²) in [6.07, 6.45) is 4.83. The minimum Gasteiger partial charge on any atom is -0.467 e. The molecule has 0 saturated heterocycles. The number of amides is 2. The monoisotopic (exact) mass is 424 g/mol. The van der Waals surface area contributed by atoms with Crippen LogP contribution in [0.15, 0.2) is 75.5 Å². The van der Waals surface area contributed by atoms with Crippen LogP contribution in [0.4, 0.5) is 4.79 Å². The van der Waals surface area contributed by atoms with Crippen molar-refractivity contribution >= 4 is 26.8 Å². The molecule has 2 aromatic heterocycles. The minimum absolute atomic E-state index is 0.184. The van der Waals surface area contributed by atoms with Crippen molar-refractivity contribution in [1.82, 2.24) is 19.5 Å². The molecule has 3 aromatic rings. The van der Waals surface area contributed by atoms with Gasteiger partial charge in [-0.3, -0.25) is 4.98 Å². The quantitative estimate of drug-likeness (QED) is 0.649. The molecule has 0 bridgehead atoms. The number of fused-ring (bicyclic) bond motifs is 1. The molecule has 0 fully saturated rings. The third-order valence-electron chi connectivity index (χ3n) is 5.54. The molecule has 0 spiro atoms. The number of aromatic nitrogens is 1. The van der Waals surface area contributed by atoms with Gasteiger partial charge < -0.3 is 14.6 Å². The number of sulfonamides is 1. The molecule has 8 nitrogen and oxygen atoms in total. The lowest BCUT2D eigenvalue weighted by Crippen LogP contribution is -2.41. The number of rotatable bonds is 4. The number of hydrogen-bond acceptors (Lipinski definition) is 5. The Kier molecular flexibility index (Phi) is 4.56. The SMILES string of the molecule is O=C(NCc1ccco1)N1CC2=C(C1)CN(S(=O)(=O)c1cccc3cnccc13)C2. The van der Waals surface area contributed by atoms with E-state index < -0.39 is 10.0 Å². The average Bonchev–Trinajstić information content (AvgIpc) is 3.48. The van der Waals surface area contributed by atoms with Gasteiger partial charge in [-0.2, -0.15) is 4.31 Å². The molecular formula is C21H20N4O4S. The van der Waals surface area contributed by atoms with Crippen LogP contribution in [0.25, 0.3) is 10.8 Å². The third kappa shape index (κ3) is 3.25. The Bertz CT molecular complexity index is 1230. The topological polar surface area (TPSA) is 95.8 Å². The second-order valence-electron chi connectivity index (χ2n) is 7.43.